The lowest BCUT2D eigenvalue weighted by Crippen LogP contribution is -2.54. The van der Waals surface area contributed by atoms with E-state index in [1.54, 1.807) is 41.3 Å². The summed E-state index contributed by atoms with van der Waals surface area (Å²) in [5.41, 5.74) is -1.89. The van der Waals surface area contributed by atoms with Crippen LogP contribution in [0, 0.1) is 5.82 Å². The predicted octanol–water partition coefficient (Wildman–Crippen LogP) is 5.73. The Bertz CT molecular complexity index is 1220. The normalized spacial score (nSPS) is 16.6. The van der Waals surface area contributed by atoms with Crippen molar-refractivity contribution in [3.63, 3.8) is 0 Å². The van der Waals surface area contributed by atoms with Gasteiger partial charge in [-0.15, -0.1) is 0 Å². The number of urea groups is 1. The Morgan fingerprint density at radius 3 is 2.41 bits per heavy atom. The lowest BCUT2D eigenvalue weighted by Gasteiger charge is -2.37. The summed E-state index contributed by atoms with van der Waals surface area (Å²) in [6.07, 6.45) is -2.66. The average Bonchev–Trinajstić information content (AvgIpc) is 3.08. The zero-order valence-corrected chi connectivity index (χ0v) is 21.0. The van der Waals surface area contributed by atoms with Crippen molar-refractivity contribution in [3.05, 3.63) is 100 Å². The standard InChI is InChI=1S/C27H27ClF4N4O/c1-35-10-5-11-36(13-12-35)25(37)34-26(17-19-6-3-2-4-7-19,24-9-8-22(28)18-33-24)20-14-21(27(30,31)32)16-23(29)15-20/h2-4,6-9,14-16,18H,5,10-13,17H2,1H3,(H,34,37)/t26-/m0/s1. The Balaban J connectivity index is 1.90. The summed E-state index contributed by atoms with van der Waals surface area (Å²) in [7, 11) is 1.96. The molecular formula is C27H27ClF4N4O. The maximum absolute atomic E-state index is 14.7. The van der Waals surface area contributed by atoms with Gasteiger partial charge in [0.05, 0.1) is 16.3 Å². The second kappa shape index (κ2) is 11.1. The fourth-order valence-electron chi connectivity index (χ4n) is 4.56. The van der Waals surface area contributed by atoms with E-state index in [9.17, 15) is 22.4 Å². The van der Waals surface area contributed by atoms with Gasteiger partial charge in [0.2, 0.25) is 0 Å². The third-order valence-electron chi connectivity index (χ3n) is 6.52. The summed E-state index contributed by atoms with van der Waals surface area (Å²) in [5.74, 6) is -1.07. The van der Waals surface area contributed by atoms with E-state index in [0.29, 0.717) is 36.3 Å². The minimum atomic E-state index is -4.79. The lowest BCUT2D eigenvalue weighted by molar-refractivity contribution is -0.137. The minimum absolute atomic E-state index is 0.0305. The number of aromatic nitrogens is 1. The molecule has 2 aromatic carbocycles. The highest BCUT2D eigenvalue weighted by atomic mass is 35.5. The Hall–Kier alpha value is -3.17. The highest BCUT2D eigenvalue weighted by molar-refractivity contribution is 6.30. The number of rotatable bonds is 5. The first-order valence-corrected chi connectivity index (χ1v) is 12.2. The topological polar surface area (TPSA) is 48.5 Å². The molecule has 5 nitrogen and oxygen atoms in total. The van der Waals surface area contributed by atoms with E-state index in [0.717, 1.165) is 25.1 Å². The summed E-state index contributed by atoms with van der Waals surface area (Å²) in [4.78, 5) is 21.8. The van der Waals surface area contributed by atoms with Crippen LogP contribution in [0.3, 0.4) is 0 Å². The van der Waals surface area contributed by atoms with Crippen molar-refractivity contribution in [2.24, 2.45) is 0 Å². The van der Waals surface area contributed by atoms with E-state index < -0.39 is 29.1 Å². The number of carbonyl (C=O) groups is 1. The third kappa shape index (κ3) is 6.40. The van der Waals surface area contributed by atoms with Gasteiger partial charge in [-0.25, -0.2) is 9.18 Å². The Kier molecular flexibility index (Phi) is 8.04. The first-order valence-electron chi connectivity index (χ1n) is 11.9. The maximum Gasteiger partial charge on any atom is 0.416 e. The molecule has 3 aromatic rings. The fourth-order valence-corrected chi connectivity index (χ4v) is 4.67. The molecule has 2 amide bonds. The number of nitrogens with zero attached hydrogens (tertiary/aromatic N) is 3. The molecule has 1 atom stereocenters. The molecule has 196 valence electrons. The van der Waals surface area contributed by atoms with E-state index in [-0.39, 0.29) is 17.7 Å². The molecule has 1 saturated heterocycles. The van der Waals surface area contributed by atoms with Crippen molar-refractivity contribution in [1.29, 1.82) is 0 Å². The van der Waals surface area contributed by atoms with Crippen LogP contribution in [0.2, 0.25) is 5.02 Å². The number of halogens is 5. The van der Waals surface area contributed by atoms with Crippen LogP contribution in [0.4, 0.5) is 22.4 Å². The number of carbonyl (C=O) groups excluding carboxylic acids is 1. The molecule has 2 heterocycles. The number of likely N-dealkylation sites (N-methyl/N-ethyl adjacent to an activating group) is 1. The highest BCUT2D eigenvalue weighted by Crippen LogP contribution is 2.38. The van der Waals surface area contributed by atoms with Gasteiger partial charge in [-0.2, -0.15) is 13.2 Å². The first kappa shape index (κ1) is 26.9. The van der Waals surface area contributed by atoms with Crippen molar-refractivity contribution in [2.75, 3.05) is 33.2 Å². The summed E-state index contributed by atoms with van der Waals surface area (Å²) >= 11 is 6.07. The van der Waals surface area contributed by atoms with Crippen molar-refractivity contribution >= 4 is 17.6 Å². The molecule has 0 spiro atoms. The molecule has 1 aromatic heterocycles. The van der Waals surface area contributed by atoms with Gasteiger partial charge in [-0.05, 0) is 61.5 Å². The van der Waals surface area contributed by atoms with Crippen molar-refractivity contribution < 1.29 is 22.4 Å². The van der Waals surface area contributed by atoms with Crippen LogP contribution < -0.4 is 5.32 Å². The summed E-state index contributed by atoms with van der Waals surface area (Å²) in [6.45, 7) is 2.38. The average molecular weight is 535 g/mol. The zero-order valence-electron chi connectivity index (χ0n) is 20.2. The maximum atomic E-state index is 14.7. The predicted molar refractivity (Wildman–Crippen MR) is 134 cm³/mol. The number of amides is 2. The van der Waals surface area contributed by atoms with Crippen LogP contribution in [-0.4, -0.2) is 54.0 Å². The number of benzene rings is 2. The molecule has 0 aliphatic carbocycles. The molecule has 0 radical (unpaired) electrons. The van der Waals surface area contributed by atoms with Crippen molar-refractivity contribution in [1.82, 2.24) is 20.1 Å². The van der Waals surface area contributed by atoms with E-state index in [2.05, 4.69) is 15.2 Å². The van der Waals surface area contributed by atoms with Crippen molar-refractivity contribution in [3.8, 4) is 0 Å². The zero-order chi connectivity index (χ0) is 26.6. The molecule has 4 rings (SSSR count). The molecule has 1 N–H and O–H groups in total. The smallest absolute Gasteiger partial charge is 0.323 e. The molecule has 0 bridgehead atoms. The van der Waals surface area contributed by atoms with Crippen LogP contribution in [0.25, 0.3) is 0 Å². The van der Waals surface area contributed by atoms with Gasteiger partial charge in [0, 0.05) is 32.3 Å². The second-order valence-corrected chi connectivity index (χ2v) is 9.67. The van der Waals surface area contributed by atoms with E-state index in [1.165, 1.54) is 6.20 Å². The third-order valence-corrected chi connectivity index (χ3v) is 6.75. The summed E-state index contributed by atoms with van der Waals surface area (Å²) < 4.78 is 56.0. The number of hydrogen-bond acceptors (Lipinski definition) is 3. The lowest BCUT2D eigenvalue weighted by atomic mass is 9.79. The molecular weight excluding hydrogens is 508 g/mol. The van der Waals surface area contributed by atoms with Crippen molar-refractivity contribution in [2.45, 2.75) is 24.6 Å². The molecule has 1 aliphatic heterocycles. The van der Waals surface area contributed by atoms with Gasteiger partial charge in [0.1, 0.15) is 11.4 Å². The van der Waals surface area contributed by atoms with Crippen LogP contribution in [-0.2, 0) is 18.1 Å². The second-order valence-electron chi connectivity index (χ2n) is 9.23. The van der Waals surface area contributed by atoms with Crippen LogP contribution in [0.1, 0.15) is 28.8 Å². The quantitative estimate of drug-likeness (QED) is 0.426. The van der Waals surface area contributed by atoms with E-state index >= 15 is 0 Å². The molecule has 10 heteroatoms. The Morgan fingerprint density at radius 1 is 1.00 bits per heavy atom. The molecule has 1 aliphatic rings. The van der Waals surface area contributed by atoms with Gasteiger partial charge in [-0.3, -0.25) is 4.98 Å². The van der Waals surface area contributed by atoms with Gasteiger partial charge in [0.15, 0.2) is 0 Å². The Labute approximate surface area is 218 Å². The number of hydrogen-bond donors (Lipinski definition) is 1. The minimum Gasteiger partial charge on any atom is -0.323 e. The van der Waals surface area contributed by atoms with Crippen LogP contribution in [0.5, 0.6) is 0 Å². The first-order chi connectivity index (χ1) is 17.6. The molecule has 0 saturated carbocycles. The number of nitrogens with one attached hydrogen (secondary N) is 1. The fraction of sp³-hybridized carbons (Fsp3) is 0.333. The number of pyridine rings is 1. The van der Waals surface area contributed by atoms with Gasteiger partial charge >= 0.3 is 12.2 Å². The van der Waals surface area contributed by atoms with Gasteiger partial charge < -0.3 is 15.1 Å². The van der Waals surface area contributed by atoms with Gasteiger partial charge in [-0.1, -0.05) is 41.9 Å². The highest BCUT2D eigenvalue weighted by Gasteiger charge is 2.41. The van der Waals surface area contributed by atoms with E-state index in [4.69, 9.17) is 11.6 Å². The summed E-state index contributed by atoms with van der Waals surface area (Å²) in [6, 6.07) is 13.9. The van der Waals surface area contributed by atoms with Crippen LogP contribution in [0.15, 0.2) is 66.9 Å². The van der Waals surface area contributed by atoms with E-state index in [1.807, 2.05) is 13.1 Å². The summed E-state index contributed by atoms with van der Waals surface area (Å²) in [5, 5.41) is 3.29. The largest absolute Gasteiger partial charge is 0.416 e. The molecule has 0 unspecified atom stereocenters. The van der Waals surface area contributed by atoms with Gasteiger partial charge in [0.25, 0.3) is 0 Å². The Morgan fingerprint density at radius 2 is 1.73 bits per heavy atom. The monoisotopic (exact) mass is 534 g/mol. The number of alkyl halides is 3. The molecule has 1 fully saturated rings. The van der Waals surface area contributed by atoms with Crippen LogP contribution >= 0.6 is 11.6 Å². The SMILES string of the molecule is CN1CCCN(C(=O)N[C@@](Cc2ccccc2)(c2cc(F)cc(C(F)(F)F)c2)c2ccc(Cl)cn2)CC1. The molecule has 37 heavy (non-hydrogen) atoms.